The SMILES string of the molecule is O=[N+]([O-])c1ccc(OCc2nc(-c3ccccn3)n[nH]2)cc1. The molecule has 0 saturated heterocycles. The van der Waals surface area contributed by atoms with E-state index in [0.29, 0.717) is 23.1 Å². The number of ether oxygens (including phenoxy) is 1. The molecule has 1 aromatic carbocycles. The summed E-state index contributed by atoms with van der Waals surface area (Å²) in [6, 6.07) is 11.3. The summed E-state index contributed by atoms with van der Waals surface area (Å²) < 4.78 is 5.50. The Kier molecular flexibility index (Phi) is 3.73. The zero-order valence-electron chi connectivity index (χ0n) is 11.3. The average molecular weight is 297 g/mol. The highest BCUT2D eigenvalue weighted by atomic mass is 16.6. The maximum absolute atomic E-state index is 10.6. The van der Waals surface area contributed by atoms with Crippen LogP contribution in [0.5, 0.6) is 5.75 Å². The molecule has 1 N–H and O–H groups in total. The van der Waals surface area contributed by atoms with Gasteiger partial charge in [-0.2, -0.15) is 5.10 Å². The van der Waals surface area contributed by atoms with Gasteiger partial charge < -0.3 is 4.74 Å². The summed E-state index contributed by atoms with van der Waals surface area (Å²) in [5.74, 6) is 1.54. The lowest BCUT2D eigenvalue weighted by atomic mass is 10.3. The van der Waals surface area contributed by atoms with Gasteiger partial charge in [-0.05, 0) is 24.3 Å². The van der Waals surface area contributed by atoms with Gasteiger partial charge in [0.25, 0.3) is 5.69 Å². The minimum atomic E-state index is -0.459. The molecule has 0 radical (unpaired) electrons. The summed E-state index contributed by atoms with van der Waals surface area (Å²) in [6.45, 7) is 0.178. The fraction of sp³-hybridized carbons (Fsp3) is 0.0714. The van der Waals surface area contributed by atoms with Gasteiger partial charge in [-0.25, -0.2) is 4.98 Å². The summed E-state index contributed by atoms with van der Waals surface area (Å²) in [6.07, 6.45) is 1.67. The Labute approximate surface area is 125 Å². The van der Waals surface area contributed by atoms with Gasteiger partial charge >= 0.3 is 0 Å². The highest BCUT2D eigenvalue weighted by Crippen LogP contribution is 2.18. The van der Waals surface area contributed by atoms with Crippen LogP contribution in [0.4, 0.5) is 5.69 Å². The Hall–Kier alpha value is -3.29. The van der Waals surface area contributed by atoms with Gasteiger partial charge in [-0.15, -0.1) is 0 Å². The van der Waals surface area contributed by atoms with Gasteiger partial charge in [-0.3, -0.25) is 20.2 Å². The second-order valence-corrected chi connectivity index (χ2v) is 4.36. The van der Waals surface area contributed by atoms with E-state index in [2.05, 4.69) is 20.2 Å². The molecule has 0 bridgehead atoms. The predicted octanol–water partition coefficient (Wildman–Crippen LogP) is 2.35. The highest BCUT2D eigenvalue weighted by Gasteiger charge is 2.08. The number of non-ortho nitro benzene ring substituents is 1. The van der Waals surface area contributed by atoms with Crippen LogP contribution in [0, 0.1) is 10.1 Å². The van der Waals surface area contributed by atoms with Gasteiger partial charge in [-0.1, -0.05) is 6.07 Å². The molecule has 110 valence electrons. The lowest BCUT2D eigenvalue weighted by Gasteiger charge is -2.02. The molecule has 0 amide bonds. The Balaban J connectivity index is 1.65. The third kappa shape index (κ3) is 3.06. The maximum atomic E-state index is 10.6. The third-order valence-electron chi connectivity index (χ3n) is 2.85. The van der Waals surface area contributed by atoms with Crippen LogP contribution in [0.2, 0.25) is 0 Å². The van der Waals surface area contributed by atoms with Crippen LogP contribution in [0.1, 0.15) is 5.82 Å². The number of aromatic nitrogens is 4. The number of hydrogen-bond donors (Lipinski definition) is 1. The first-order chi connectivity index (χ1) is 10.7. The molecule has 3 rings (SSSR count). The number of pyridine rings is 1. The van der Waals surface area contributed by atoms with Crippen LogP contribution in [-0.2, 0) is 6.61 Å². The number of benzene rings is 1. The number of nitrogens with zero attached hydrogens (tertiary/aromatic N) is 4. The zero-order valence-corrected chi connectivity index (χ0v) is 11.3. The lowest BCUT2D eigenvalue weighted by Crippen LogP contribution is -1.98. The van der Waals surface area contributed by atoms with Crippen molar-refractivity contribution in [2.45, 2.75) is 6.61 Å². The topological polar surface area (TPSA) is 107 Å². The Morgan fingerprint density at radius 1 is 1.18 bits per heavy atom. The van der Waals surface area contributed by atoms with Crippen molar-refractivity contribution in [2.24, 2.45) is 0 Å². The smallest absolute Gasteiger partial charge is 0.269 e. The van der Waals surface area contributed by atoms with Crippen LogP contribution < -0.4 is 4.74 Å². The van der Waals surface area contributed by atoms with E-state index >= 15 is 0 Å². The molecule has 8 heteroatoms. The molecule has 0 saturated carbocycles. The van der Waals surface area contributed by atoms with E-state index in [0.717, 1.165) is 0 Å². The molecule has 0 aliphatic rings. The molecule has 0 spiro atoms. The Morgan fingerprint density at radius 2 is 2.00 bits per heavy atom. The van der Waals surface area contributed by atoms with Crippen molar-refractivity contribution in [3.63, 3.8) is 0 Å². The monoisotopic (exact) mass is 297 g/mol. The molecule has 22 heavy (non-hydrogen) atoms. The molecule has 2 aromatic heterocycles. The molecule has 0 unspecified atom stereocenters. The Bertz CT molecular complexity index is 771. The molecule has 0 atom stereocenters. The molecule has 0 aliphatic heterocycles. The molecule has 0 aliphatic carbocycles. The molecule has 8 nitrogen and oxygen atoms in total. The maximum Gasteiger partial charge on any atom is 0.269 e. The minimum absolute atomic E-state index is 0.0180. The standard InChI is InChI=1S/C14H11N5O3/c20-19(21)10-4-6-11(7-5-10)22-9-13-16-14(18-17-13)12-3-1-2-8-15-12/h1-8H,9H2,(H,16,17,18). The van der Waals surface area contributed by atoms with Crippen LogP contribution in [0.3, 0.4) is 0 Å². The minimum Gasteiger partial charge on any atom is -0.486 e. The first kappa shape index (κ1) is 13.7. The summed E-state index contributed by atoms with van der Waals surface area (Å²) in [5.41, 5.74) is 0.685. The number of nitro benzene ring substituents is 1. The van der Waals surface area contributed by atoms with E-state index < -0.39 is 4.92 Å². The van der Waals surface area contributed by atoms with E-state index in [9.17, 15) is 10.1 Å². The first-order valence-electron chi connectivity index (χ1n) is 6.42. The van der Waals surface area contributed by atoms with Gasteiger partial charge in [0.1, 0.15) is 18.1 Å². The van der Waals surface area contributed by atoms with E-state index in [1.54, 1.807) is 6.20 Å². The first-order valence-corrected chi connectivity index (χ1v) is 6.42. The van der Waals surface area contributed by atoms with Crippen molar-refractivity contribution in [2.75, 3.05) is 0 Å². The number of hydrogen-bond acceptors (Lipinski definition) is 6. The van der Waals surface area contributed by atoms with E-state index in [1.165, 1.54) is 24.3 Å². The van der Waals surface area contributed by atoms with Crippen molar-refractivity contribution in [1.29, 1.82) is 0 Å². The largest absolute Gasteiger partial charge is 0.486 e. The van der Waals surface area contributed by atoms with Crippen molar-refractivity contribution in [3.05, 3.63) is 64.6 Å². The average Bonchev–Trinajstić information content (AvgIpc) is 3.03. The lowest BCUT2D eigenvalue weighted by molar-refractivity contribution is -0.384. The van der Waals surface area contributed by atoms with E-state index in [4.69, 9.17) is 4.74 Å². The highest BCUT2D eigenvalue weighted by molar-refractivity contribution is 5.47. The van der Waals surface area contributed by atoms with Crippen molar-refractivity contribution in [3.8, 4) is 17.3 Å². The summed E-state index contributed by atoms with van der Waals surface area (Å²) in [4.78, 5) is 18.5. The summed E-state index contributed by atoms with van der Waals surface area (Å²) in [7, 11) is 0. The van der Waals surface area contributed by atoms with Crippen LogP contribution in [0.25, 0.3) is 11.5 Å². The number of nitro groups is 1. The number of rotatable bonds is 5. The zero-order chi connectivity index (χ0) is 15.4. The van der Waals surface area contributed by atoms with Crippen molar-refractivity contribution < 1.29 is 9.66 Å². The fourth-order valence-corrected chi connectivity index (χ4v) is 1.79. The normalized spacial score (nSPS) is 10.4. The second kappa shape index (κ2) is 6.00. The van der Waals surface area contributed by atoms with Crippen LogP contribution in [0.15, 0.2) is 48.7 Å². The Morgan fingerprint density at radius 3 is 2.68 bits per heavy atom. The molecular formula is C14H11N5O3. The quantitative estimate of drug-likeness (QED) is 0.572. The van der Waals surface area contributed by atoms with Crippen LogP contribution >= 0.6 is 0 Å². The van der Waals surface area contributed by atoms with Gasteiger partial charge in [0, 0.05) is 18.3 Å². The summed E-state index contributed by atoms with van der Waals surface area (Å²) in [5, 5.41) is 17.4. The van der Waals surface area contributed by atoms with Gasteiger partial charge in [0.2, 0.25) is 0 Å². The van der Waals surface area contributed by atoms with Crippen molar-refractivity contribution in [1.82, 2.24) is 20.2 Å². The molecule has 3 aromatic rings. The number of H-pyrrole nitrogens is 1. The molecule has 0 fully saturated rings. The van der Waals surface area contributed by atoms with E-state index in [1.807, 2.05) is 18.2 Å². The van der Waals surface area contributed by atoms with Gasteiger partial charge in [0.15, 0.2) is 11.6 Å². The number of aromatic amines is 1. The third-order valence-corrected chi connectivity index (χ3v) is 2.85. The number of nitrogens with one attached hydrogen (secondary N) is 1. The van der Waals surface area contributed by atoms with Crippen molar-refractivity contribution >= 4 is 5.69 Å². The van der Waals surface area contributed by atoms with E-state index in [-0.39, 0.29) is 12.3 Å². The van der Waals surface area contributed by atoms with Crippen LogP contribution in [-0.4, -0.2) is 25.1 Å². The fourth-order valence-electron chi connectivity index (χ4n) is 1.79. The predicted molar refractivity (Wildman–Crippen MR) is 77.0 cm³/mol. The van der Waals surface area contributed by atoms with Gasteiger partial charge in [0.05, 0.1) is 4.92 Å². The molecular weight excluding hydrogens is 286 g/mol. The second-order valence-electron chi connectivity index (χ2n) is 4.36. The molecule has 2 heterocycles. The summed E-state index contributed by atoms with van der Waals surface area (Å²) >= 11 is 0.